The molecule has 1 aromatic rings. The SMILES string of the molecule is C=CC(=O)N1CCN(S(=O)(=O)c2ccc(F)cc2C)C[C@H]1C. The number of sulfonamides is 1. The molecule has 120 valence electrons. The van der Waals surface area contributed by atoms with Crippen molar-refractivity contribution >= 4 is 15.9 Å². The lowest BCUT2D eigenvalue weighted by atomic mass is 10.2. The summed E-state index contributed by atoms with van der Waals surface area (Å²) >= 11 is 0. The lowest BCUT2D eigenvalue weighted by Crippen LogP contribution is -2.55. The van der Waals surface area contributed by atoms with E-state index in [1.54, 1.807) is 18.7 Å². The molecule has 1 heterocycles. The molecule has 22 heavy (non-hydrogen) atoms. The van der Waals surface area contributed by atoms with Crippen molar-refractivity contribution in [3.63, 3.8) is 0 Å². The smallest absolute Gasteiger partial charge is 0.246 e. The first kappa shape index (κ1) is 16.6. The van der Waals surface area contributed by atoms with Gasteiger partial charge in [0.25, 0.3) is 0 Å². The highest BCUT2D eigenvalue weighted by molar-refractivity contribution is 7.89. The number of nitrogens with zero attached hydrogens (tertiary/aromatic N) is 2. The number of rotatable bonds is 3. The molecule has 1 saturated heterocycles. The van der Waals surface area contributed by atoms with E-state index < -0.39 is 15.8 Å². The predicted molar refractivity (Wildman–Crippen MR) is 81.3 cm³/mol. The van der Waals surface area contributed by atoms with Crippen LogP contribution in [0.15, 0.2) is 35.7 Å². The fraction of sp³-hybridized carbons (Fsp3) is 0.400. The van der Waals surface area contributed by atoms with Crippen molar-refractivity contribution in [2.75, 3.05) is 19.6 Å². The number of piperazine rings is 1. The molecule has 1 aliphatic rings. The summed E-state index contributed by atoms with van der Waals surface area (Å²) in [5, 5.41) is 0. The minimum absolute atomic E-state index is 0.101. The minimum atomic E-state index is -3.70. The Morgan fingerprint density at radius 3 is 2.64 bits per heavy atom. The van der Waals surface area contributed by atoms with Gasteiger partial charge in [0.1, 0.15) is 5.82 Å². The van der Waals surface area contributed by atoms with E-state index in [2.05, 4.69) is 6.58 Å². The lowest BCUT2D eigenvalue weighted by molar-refractivity contribution is -0.129. The van der Waals surface area contributed by atoms with Crippen LogP contribution in [0, 0.1) is 12.7 Å². The van der Waals surface area contributed by atoms with Gasteiger partial charge in [-0.25, -0.2) is 12.8 Å². The van der Waals surface area contributed by atoms with E-state index >= 15 is 0 Å². The molecule has 0 bridgehead atoms. The van der Waals surface area contributed by atoms with Crippen molar-refractivity contribution in [1.29, 1.82) is 0 Å². The van der Waals surface area contributed by atoms with E-state index in [9.17, 15) is 17.6 Å². The van der Waals surface area contributed by atoms with Gasteiger partial charge in [0.15, 0.2) is 0 Å². The Balaban J connectivity index is 2.25. The molecule has 7 heteroatoms. The van der Waals surface area contributed by atoms with Crippen LogP contribution in [0.25, 0.3) is 0 Å². The number of halogens is 1. The molecule has 1 aliphatic heterocycles. The molecule has 0 radical (unpaired) electrons. The van der Waals surface area contributed by atoms with Crippen LogP contribution in [0.1, 0.15) is 12.5 Å². The fourth-order valence-electron chi connectivity index (χ4n) is 2.63. The average Bonchev–Trinajstić information content (AvgIpc) is 2.45. The standard InChI is InChI=1S/C15H19FN2O3S/c1-4-15(19)18-8-7-17(10-12(18)3)22(20,21)14-6-5-13(16)9-11(14)2/h4-6,9,12H,1,7-8,10H2,2-3H3/t12-/m1/s1. The van der Waals surface area contributed by atoms with Crippen molar-refractivity contribution < 1.29 is 17.6 Å². The number of carbonyl (C=O) groups is 1. The topological polar surface area (TPSA) is 57.7 Å². The molecule has 2 rings (SSSR count). The van der Waals surface area contributed by atoms with E-state index in [-0.39, 0.29) is 29.9 Å². The summed E-state index contributed by atoms with van der Waals surface area (Å²) in [4.78, 5) is 13.4. The molecule has 0 spiro atoms. The van der Waals surface area contributed by atoms with Gasteiger partial charge in [0, 0.05) is 25.7 Å². The van der Waals surface area contributed by atoms with Gasteiger partial charge >= 0.3 is 0 Å². The van der Waals surface area contributed by atoms with Gasteiger partial charge in [0.05, 0.1) is 4.90 Å². The number of hydrogen-bond donors (Lipinski definition) is 0. The first-order valence-corrected chi connectivity index (χ1v) is 8.40. The zero-order valence-corrected chi connectivity index (χ0v) is 13.4. The number of hydrogen-bond acceptors (Lipinski definition) is 3. The summed E-state index contributed by atoms with van der Waals surface area (Å²) in [6.07, 6.45) is 1.23. The molecule has 0 aromatic heterocycles. The monoisotopic (exact) mass is 326 g/mol. The highest BCUT2D eigenvalue weighted by Gasteiger charge is 2.34. The van der Waals surface area contributed by atoms with Crippen LogP contribution in [0.5, 0.6) is 0 Å². The number of aryl methyl sites for hydroxylation is 1. The number of benzene rings is 1. The largest absolute Gasteiger partial charge is 0.334 e. The van der Waals surface area contributed by atoms with Crippen molar-refractivity contribution in [2.45, 2.75) is 24.8 Å². The Morgan fingerprint density at radius 1 is 1.41 bits per heavy atom. The third kappa shape index (κ3) is 3.05. The zero-order chi connectivity index (χ0) is 16.5. The van der Waals surface area contributed by atoms with Crippen molar-refractivity contribution in [1.82, 2.24) is 9.21 Å². The van der Waals surface area contributed by atoms with Crippen LogP contribution in [0.3, 0.4) is 0 Å². The second-order valence-electron chi connectivity index (χ2n) is 5.36. The average molecular weight is 326 g/mol. The van der Waals surface area contributed by atoms with E-state index in [1.165, 1.54) is 22.5 Å². The zero-order valence-electron chi connectivity index (χ0n) is 12.6. The van der Waals surface area contributed by atoms with Crippen LogP contribution < -0.4 is 0 Å². The Bertz CT molecular complexity index is 703. The van der Waals surface area contributed by atoms with Gasteiger partial charge in [-0.1, -0.05) is 6.58 Å². The summed E-state index contributed by atoms with van der Waals surface area (Å²) in [6.45, 7) is 7.53. The first-order chi connectivity index (χ1) is 10.3. The molecular formula is C15H19FN2O3S. The summed E-state index contributed by atoms with van der Waals surface area (Å²) in [5.74, 6) is -0.672. The van der Waals surface area contributed by atoms with Crippen molar-refractivity contribution in [3.8, 4) is 0 Å². The maximum atomic E-state index is 13.2. The van der Waals surface area contributed by atoms with Crippen molar-refractivity contribution in [3.05, 3.63) is 42.2 Å². The molecule has 5 nitrogen and oxygen atoms in total. The van der Waals surface area contributed by atoms with E-state index in [1.807, 2.05) is 0 Å². The third-order valence-corrected chi connectivity index (χ3v) is 5.83. The maximum Gasteiger partial charge on any atom is 0.246 e. The lowest BCUT2D eigenvalue weighted by Gasteiger charge is -2.38. The predicted octanol–water partition coefficient (Wildman–Crippen LogP) is 1.54. The van der Waals surface area contributed by atoms with E-state index in [0.29, 0.717) is 12.1 Å². The second kappa shape index (κ2) is 6.18. The molecular weight excluding hydrogens is 307 g/mol. The second-order valence-corrected chi connectivity index (χ2v) is 7.26. The highest BCUT2D eigenvalue weighted by atomic mass is 32.2. The Labute approximate surface area is 130 Å². The molecule has 0 N–H and O–H groups in total. The maximum absolute atomic E-state index is 13.2. The summed E-state index contributed by atoms with van der Waals surface area (Å²) < 4.78 is 39.9. The molecule has 1 amide bonds. The molecule has 0 aliphatic carbocycles. The summed E-state index contributed by atoms with van der Waals surface area (Å²) in [5.41, 5.74) is 0.372. The van der Waals surface area contributed by atoms with Crippen LogP contribution in [-0.4, -0.2) is 49.2 Å². The Morgan fingerprint density at radius 2 is 2.09 bits per heavy atom. The van der Waals surface area contributed by atoms with Crippen LogP contribution >= 0.6 is 0 Å². The normalized spacial score (nSPS) is 20.0. The Kier molecular flexibility index (Phi) is 4.67. The van der Waals surface area contributed by atoms with Gasteiger partial charge in [-0.2, -0.15) is 4.31 Å². The third-order valence-electron chi connectivity index (χ3n) is 3.80. The van der Waals surface area contributed by atoms with E-state index in [4.69, 9.17) is 0 Å². The van der Waals surface area contributed by atoms with Crippen LogP contribution in [-0.2, 0) is 14.8 Å². The Hall–Kier alpha value is -1.73. The molecule has 1 aromatic carbocycles. The van der Waals surface area contributed by atoms with Gasteiger partial charge in [-0.15, -0.1) is 0 Å². The fourth-order valence-corrected chi connectivity index (χ4v) is 4.35. The molecule has 0 saturated carbocycles. The quantitative estimate of drug-likeness (QED) is 0.792. The number of carbonyl (C=O) groups excluding carboxylic acids is 1. The van der Waals surface area contributed by atoms with Gasteiger partial charge in [0.2, 0.25) is 15.9 Å². The van der Waals surface area contributed by atoms with Crippen molar-refractivity contribution in [2.24, 2.45) is 0 Å². The molecule has 1 atom stereocenters. The van der Waals surface area contributed by atoms with Gasteiger partial charge < -0.3 is 4.90 Å². The van der Waals surface area contributed by atoms with E-state index in [0.717, 1.165) is 6.07 Å². The molecule has 1 fully saturated rings. The van der Waals surface area contributed by atoms with Gasteiger partial charge in [-0.05, 0) is 43.7 Å². The first-order valence-electron chi connectivity index (χ1n) is 6.96. The number of amides is 1. The van der Waals surface area contributed by atoms with Gasteiger partial charge in [-0.3, -0.25) is 4.79 Å². The van der Waals surface area contributed by atoms with Crippen LogP contribution in [0.2, 0.25) is 0 Å². The minimum Gasteiger partial charge on any atom is -0.334 e. The summed E-state index contributed by atoms with van der Waals surface area (Å²) in [7, 11) is -3.70. The molecule has 0 unspecified atom stereocenters. The van der Waals surface area contributed by atoms with Crippen LogP contribution in [0.4, 0.5) is 4.39 Å². The summed E-state index contributed by atoms with van der Waals surface area (Å²) in [6, 6.07) is 3.38. The highest BCUT2D eigenvalue weighted by Crippen LogP contribution is 2.23.